The fraction of sp³-hybridized carbons (Fsp3) is 0.467. The SMILES string of the molecule is Cc1ccc(NC(=O)CC(C(=O)O)N2CCNCC2)c([N+](=O)[O-])c1. The molecule has 1 saturated heterocycles. The van der Waals surface area contributed by atoms with Gasteiger partial charge in [0.1, 0.15) is 11.7 Å². The number of aliphatic carboxylic acids is 1. The third-order valence-electron chi connectivity index (χ3n) is 3.88. The number of piperazine rings is 1. The van der Waals surface area contributed by atoms with Gasteiger partial charge in [-0.15, -0.1) is 0 Å². The van der Waals surface area contributed by atoms with Gasteiger partial charge in [0.2, 0.25) is 5.91 Å². The van der Waals surface area contributed by atoms with Crippen LogP contribution < -0.4 is 10.6 Å². The first kappa shape index (κ1) is 17.8. The number of carbonyl (C=O) groups is 2. The Hall–Kier alpha value is -2.52. The Morgan fingerprint density at radius 3 is 2.67 bits per heavy atom. The summed E-state index contributed by atoms with van der Waals surface area (Å²) in [7, 11) is 0. The highest BCUT2D eigenvalue weighted by Gasteiger charge is 2.29. The van der Waals surface area contributed by atoms with Crippen molar-refractivity contribution in [3.8, 4) is 0 Å². The Labute approximate surface area is 138 Å². The van der Waals surface area contributed by atoms with E-state index in [9.17, 15) is 24.8 Å². The van der Waals surface area contributed by atoms with Crippen LogP contribution in [0.1, 0.15) is 12.0 Å². The molecule has 1 aliphatic rings. The first-order valence-corrected chi connectivity index (χ1v) is 7.61. The minimum absolute atomic E-state index is 0.0695. The minimum Gasteiger partial charge on any atom is -0.480 e. The van der Waals surface area contributed by atoms with E-state index in [1.807, 2.05) is 0 Å². The molecule has 9 nitrogen and oxygen atoms in total. The lowest BCUT2D eigenvalue weighted by Gasteiger charge is -2.32. The highest BCUT2D eigenvalue weighted by molar-refractivity contribution is 5.95. The lowest BCUT2D eigenvalue weighted by molar-refractivity contribution is -0.384. The fourth-order valence-corrected chi connectivity index (χ4v) is 2.64. The van der Waals surface area contributed by atoms with Crippen LogP contribution >= 0.6 is 0 Å². The summed E-state index contributed by atoms with van der Waals surface area (Å²) in [6.07, 6.45) is -0.264. The highest BCUT2D eigenvalue weighted by Crippen LogP contribution is 2.25. The Morgan fingerprint density at radius 2 is 2.08 bits per heavy atom. The summed E-state index contributed by atoms with van der Waals surface area (Å²) < 4.78 is 0. The van der Waals surface area contributed by atoms with Crippen LogP contribution in [-0.4, -0.2) is 59.0 Å². The Morgan fingerprint density at radius 1 is 1.42 bits per heavy atom. The maximum atomic E-state index is 12.2. The normalized spacial score (nSPS) is 16.4. The fourth-order valence-electron chi connectivity index (χ4n) is 2.64. The molecule has 9 heteroatoms. The molecule has 130 valence electrons. The lowest BCUT2D eigenvalue weighted by Crippen LogP contribution is -2.52. The summed E-state index contributed by atoms with van der Waals surface area (Å²) in [5.41, 5.74) is 0.557. The number of hydrogen-bond acceptors (Lipinski definition) is 6. The van der Waals surface area contributed by atoms with E-state index >= 15 is 0 Å². The van der Waals surface area contributed by atoms with E-state index in [1.54, 1.807) is 17.9 Å². The number of amides is 1. The van der Waals surface area contributed by atoms with Gasteiger partial charge >= 0.3 is 5.97 Å². The second-order valence-corrected chi connectivity index (χ2v) is 5.67. The molecule has 0 aliphatic carbocycles. The van der Waals surface area contributed by atoms with Crippen molar-refractivity contribution < 1.29 is 19.6 Å². The predicted molar refractivity (Wildman–Crippen MR) is 86.9 cm³/mol. The minimum atomic E-state index is -1.08. The Kier molecular flexibility index (Phi) is 5.83. The van der Waals surface area contributed by atoms with Gasteiger partial charge in [0.25, 0.3) is 5.69 Å². The molecular weight excluding hydrogens is 316 g/mol. The zero-order chi connectivity index (χ0) is 17.7. The van der Waals surface area contributed by atoms with Crippen molar-refractivity contribution in [1.29, 1.82) is 0 Å². The van der Waals surface area contributed by atoms with Gasteiger partial charge in [-0.3, -0.25) is 24.6 Å². The van der Waals surface area contributed by atoms with Gasteiger partial charge in [-0.05, 0) is 18.6 Å². The third-order valence-corrected chi connectivity index (χ3v) is 3.88. The van der Waals surface area contributed by atoms with Crippen LogP contribution in [0.15, 0.2) is 18.2 Å². The maximum Gasteiger partial charge on any atom is 0.321 e. The number of benzene rings is 1. The molecule has 0 aromatic heterocycles. The smallest absolute Gasteiger partial charge is 0.321 e. The summed E-state index contributed by atoms with van der Waals surface area (Å²) in [6, 6.07) is 3.51. The number of nitrogens with one attached hydrogen (secondary N) is 2. The number of carbonyl (C=O) groups excluding carboxylic acids is 1. The van der Waals surface area contributed by atoms with Crippen molar-refractivity contribution in [3.63, 3.8) is 0 Å². The highest BCUT2D eigenvalue weighted by atomic mass is 16.6. The zero-order valence-electron chi connectivity index (χ0n) is 13.3. The number of nitro groups is 1. The molecule has 0 radical (unpaired) electrons. The zero-order valence-corrected chi connectivity index (χ0v) is 13.3. The molecule has 3 N–H and O–H groups in total. The van der Waals surface area contributed by atoms with Gasteiger partial charge in [0, 0.05) is 32.2 Å². The number of carboxylic acids is 1. The van der Waals surface area contributed by atoms with Crippen molar-refractivity contribution in [2.75, 3.05) is 31.5 Å². The summed E-state index contributed by atoms with van der Waals surface area (Å²) in [4.78, 5) is 35.9. The van der Waals surface area contributed by atoms with Crippen molar-refractivity contribution in [2.24, 2.45) is 0 Å². The second-order valence-electron chi connectivity index (χ2n) is 5.67. The monoisotopic (exact) mass is 336 g/mol. The Bertz CT molecular complexity index is 643. The van der Waals surface area contributed by atoms with Gasteiger partial charge < -0.3 is 15.7 Å². The largest absolute Gasteiger partial charge is 0.480 e. The Balaban J connectivity index is 2.08. The molecule has 24 heavy (non-hydrogen) atoms. The summed E-state index contributed by atoms with van der Waals surface area (Å²) in [5.74, 6) is -1.64. The van der Waals surface area contributed by atoms with E-state index in [2.05, 4.69) is 10.6 Å². The van der Waals surface area contributed by atoms with Crippen LogP contribution in [0.5, 0.6) is 0 Å². The second kappa shape index (κ2) is 7.84. The molecule has 0 bridgehead atoms. The van der Waals surface area contributed by atoms with Gasteiger partial charge in [-0.2, -0.15) is 0 Å². The quantitative estimate of drug-likeness (QED) is 0.513. The first-order chi connectivity index (χ1) is 11.4. The van der Waals surface area contributed by atoms with Crippen LogP contribution in [0.3, 0.4) is 0 Å². The van der Waals surface area contributed by atoms with Crippen LogP contribution in [0.2, 0.25) is 0 Å². The van der Waals surface area contributed by atoms with Crippen molar-refractivity contribution in [2.45, 2.75) is 19.4 Å². The molecule has 1 fully saturated rings. The summed E-state index contributed by atoms with van der Waals surface area (Å²) in [5, 5.41) is 26.0. The van der Waals surface area contributed by atoms with E-state index < -0.39 is 22.8 Å². The van der Waals surface area contributed by atoms with Gasteiger partial charge in [-0.1, -0.05) is 6.07 Å². The third kappa shape index (κ3) is 4.49. The summed E-state index contributed by atoms with van der Waals surface area (Å²) >= 11 is 0. The van der Waals surface area contributed by atoms with E-state index in [0.29, 0.717) is 31.7 Å². The van der Waals surface area contributed by atoms with E-state index in [0.717, 1.165) is 0 Å². The average Bonchev–Trinajstić information content (AvgIpc) is 2.54. The number of nitro benzene ring substituents is 1. The first-order valence-electron chi connectivity index (χ1n) is 7.61. The number of hydrogen-bond donors (Lipinski definition) is 3. The molecule has 1 heterocycles. The van der Waals surface area contributed by atoms with Crippen LogP contribution in [0, 0.1) is 17.0 Å². The lowest BCUT2D eigenvalue weighted by atomic mass is 10.1. The van der Waals surface area contributed by atoms with Gasteiger partial charge in [-0.25, -0.2) is 0 Å². The summed E-state index contributed by atoms with van der Waals surface area (Å²) in [6.45, 7) is 4.11. The number of aryl methyl sites for hydroxylation is 1. The van der Waals surface area contributed by atoms with Crippen LogP contribution in [0.4, 0.5) is 11.4 Å². The van der Waals surface area contributed by atoms with Crippen molar-refractivity contribution >= 4 is 23.3 Å². The van der Waals surface area contributed by atoms with Gasteiger partial charge in [0.05, 0.1) is 11.3 Å². The molecule has 1 aromatic rings. The average molecular weight is 336 g/mol. The molecule has 1 aromatic carbocycles. The van der Waals surface area contributed by atoms with Gasteiger partial charge in [0.15, 0.2) is 0 Å². The number of carboxylic acid groups (broad SMARTS) is 1. The maximum absolute atomic E-state index is 12.2. The van der Waals surface area contributed by atoms with Crippen LogP contribution in [0.25, 0.3) is 0 Å². The van der Waals surface area contributed by atoms with E-state index in [4.69, 9.17) is 0 Å². The molecule has 0 saturated carbocycles. The molecule has 1 aliphatic heterocycles. The molecule has 1 unspecified atom stereocenters. The molecule has 2 rings (SSSR count). The van der Waals surface area contributed by atoms with Crippen molar-refractivity contribution in [3.05, 3.63) is 33.9 Å². The molecule has 0 spiro atoms. The molecule has 1 amide bonds. The predicted octanol–water partition coefficient (Wildman–Crippen LogP) is 0.590. The number of rotatable bonds is 6. The number of nitrogens with zero attached hydrogens (tertiary/aromatic N) is 2. The van der Waals surface area contributed by atoms with Crippen molar-refractivity contribution in [1.82, 2.24) is 10.2 Å². The molecular formula is C15H20N4O5. The number of anilines is 1. The van der Waals surface area contributed by atoms with E-state index in [1.165, 1.54) is 12.1 Å². The van der Waals surface area contributed by atoms with E-state index in [-0.39, 0.29) is 17.8 Å². The molecule has 1 atom stereocenters. The standard InChI is InChI=1S/C15H20N4O5/c1-10-2-3-11(12(8-10)19(23)24)17-14(20)9-13(15(21)22)18-6-4-16-5-7-18/h2-3,8,13,16H,4-7,9H2,1H3,(H,17,20)(H,21,22). The van der Waals surface area contributed by atoms with Crippen LogP contribution in [-0.2, 0) is 9.59 Å². The topological polar surface area (TPSA) is 125 Å².